The summed E-state index contributed by atoms with van der Waals surface area (Å²) in [5.41, 5.74) is 8.50. The van der Waals surface area contributed by atoms with E-state index in [0.717, 1.165) is 0 Å². The number of hydrogen-bond donors (Lipinski definition) is 0. The Bertz CT molecular complexity index is 2400. The third kappa shape index (κ3) is 3.56. The van der Waals surface area contributed by atoms with E-state index >= 15 is 0 Å². The van der Waals surface area contributed by atoms with E-state index < -0.39 is 0 Å². The fourth-order valence-electron chi connectivity index (χ4n) is 6.41. The second kappa shape index (κ2) is 9.31. The van der Waals surface area contributed by atoms with Crippen LogP contribution < -0.4 is 0 Å². The molecule has 0 saturated heterocycles. The fourth-order valence-corrected chi connectivity index (χ4v) is 8.24. The summed E-state index contributed by atoms with van der Waals surface area (Å²) in [6, 6.07) is 50.9. The zero-order valence-electron chi connectivity index (χ0n) is 22.6. The minimum Gasteiger partial charge on any atom is -0.309 e. The van der Waals surface area contributed by atoms with Crippen molar-refractivity contribution >= 4 is 66.3 Å². The Kier molecular flexibility index (Phi) is 5.27. The van der Waals surface area contributed by atoms with Crippen molar-refractivity contribution in [2.24, 2.45) is 0 Å². The van der Waals surface area contributed by atoms with E-state index in [4.69, 9.17) is 0 Å². The van der Waals surface area contributed by atoms with Crippen LogP contribution in [0.3, 0.4) is 0 Å². The van der Waals surface area contributed by atoms with E-state index in [-0.39, 0.29) is 0 Å². The summed E-state index contributed by atoms with van der Waals surface area (Å²) in [4.78, 5) is 3.93. The van der Waals surface area contributed by atoms with E-state index in [1.807, 2.05) is 11.3 Å². The molecule has 0 saturated carbocycles. The Balaban J connectivity index is 1.31. The lowest BCUT2D eigenvalue weighted by atomic mass is 10.1. The van der Waals surface area contributed by atoms with E-state index in [2.05, 4.69) is 154 Å². The molecule has 42 heavy (non-hydrogen) atoms. The van der Waals surface area contributed by atoms with Gasteiger partial charge in [0.2, 0.25) is 0 Å². The van der Waals surface area contributed by atoms with Gasteiger partial charge in [-0.05, 0) is 77.7 Å². The lowest BCUT2D eigenvalue weighted by molar-refractivity contribution is 1.17. The van der Waals surface area contributed by atoms with Gasteiger partial charge in [0.1, 0.15) is 0 Å². The molecule has 0 radical (unpaired) electrons. The second-order valence-electron chi connectivity index (χ2n) is 10.6. The van der Waals surface area contributed by atoms with Crippen LogP contribution >= 0.6 is 22.7 Å². The molecule has 0 aliphatic heterocycles. The maximum Gasteiger partial charge on any atom is 0.0548 e. The number of benzene rings is 5. The first kappa shape index (κ1) is 23.8. The molecule has 9 aromatic rings. The predicted octanol–water partition coefficient (Wildman–Crippen LogP) is 11.3. The molecular weight excluding hydrogens is 549 g/mol. The number of hydrogen-bond acceptors (Lipinski definition) is 2. The molecule has 198 valence electrons. The van der Waals surface area contributed by atoms with Crippen LogP contribution in [0.4, 0.5) is 0 Å². The Hall–Kier alpha value is -4.90. The molecule has 0 atom stereocenters. The molecule has 4 aromatic heterocycles. The van der Waals surface area contributed by atoms with E-state index in [0.29, 0.717) is 0 Å². The summed E-state index contributed by atoms with van der Waals surface area (Å²) in [5.74, 6) is 0. The van der Waals surface area contributed by atoms with Crippen molar-refractivity contribution in [2.75, 3.05) is 0 Å². The van der Waals surface area contributed by atoms with Gasteiger partial charge in [0.05, 0.1) is 22.1 Å². The van der Waals surface area contributed by atoms with Gasteiger partial charge in [0.25, 0.3) is 0 Å². The van der Waals surface area contributed by atoms with E-state index in [1.54, 1.807) is 11.3 Å². The summed E-state index contributed by atoms with van der Waals surface area (Å²) >= 11 is 3.65. The smallest absolute Gasteiger partial charge is 0.0548 e. The molecule has 2 nitrogen and oxygen atoms in total. The normalized spacial score (nSPS) is 11.8. The van der Waals surface area contributed by atoms with Gasteiger partial charge in [0.15, 0.2) is 0 Å². The molecule has 0 spiro atoms. The summed E-state index contributed by atoms with van der Waals surface area (Å²) in [5, 5.41) is 7.20. The Morgan fingerprint density at radius 3 is 1.69 bits per heavy atom. The molecular formula is C38H24N2S2. The highest BCUT2D eigenvalue weighted by atomic mass is 32.1. The number of para-hydroxylation sites is 3. The maximum absolute atomic E-state index is 2.44. The lowest BCUT2D eigenvalue weighted by Gasteiger charge is -2.10. The van der Waals surface area contributed by atoms with Crippen molar-refractivity contribution in [3.8, 4) is 31.6 Å². The quantitative estimate of drug-likeness (QED) is 0.198. The van der Waals surface area contributed by atoms with Gasteiger partial charge in [0, 0.05) is 47.6 Å². The summed E-state index contributed by atoms with van der Waals surface area (Å²) in [7, 11) is 0. The third-order valence-electron chi connectivity index (χ3n) is 8.24. The summed E-state index contributed by atoms with van der Waals surface area (Å²) in [6.45, 7) is 0. The zero-order valence-corrected chi connectivity index (χ0v) is 24.2. The predicted molar refractivity (Wildman–Crippen MR) is 182 cm³/mol. The average Bonchev–Trinajstić information content (AvgIpc) is 3.85. The van der Waals surface area contributed by atoms with Crippen LogP contribution in [0.5, 0.6) is 0 Å². The first-order chi connectivity index (χ1) is 20.8. The van der Waals surface area contributed by atoms with Crippen LogP contribution in [0.2, 0.25) is 0 Å². The fraction of sp³-hybridized carbons (Fsp3) is 0. The molecule has 4 heterocycles. The van der Waals surface area contributed by atoms with Crippen LogP contribution in [0.1, 0.15) is 0 Å². The van der Waals surface area contributed by atoms with Gasteiger partial charge in [-0.25, -0.2) is 0 Å². The maximum atomic E-state index is 2.44. The van der Waals surface area contributed by atoms with Crippen molar-refractivity contribution in [1.29, 1.82) is 0 Å². The second-order valence-corrected chi connectivity index (χ2v) is 12.7. The van der Waals surface area contributed by atoms with Crippen molar-refractivity contribution in [3.05, 3.63) is 145 Å². The third-order valence-corrected chi connectivity index (χ3v) is 10.4. The molecule has 0 fully saturated rings. The molecule has 0 N–H and O–H groups in total. The first-order valence-electron chi connectivity index (χ1n) is 14.1. The van der Waals surface area contributed by atoms with Gasteiger partial charge in [-0.15, -0.1) is 22.7 Å². The van der Waals surface area contributed by atoms with Gasteiger partial charge in [-0.2, -0.15) is 0 Å². The summed E-state index contributed by atoms with van der Waals surface area (Å²) < 4.78 is 4.84. The Labute approximate surface area is 251 Å². The number of nitrogens with zero attached hydrogens (tertiary/aromatic N) is 2. The van der Waals surface area contributed by atoms with Gasteiger partial charge in [-0.3, -0.25) is 0 Å². The standard InChI is InChI=1S/C38H24N2S2/c1-2-11-26(12-3-1)39-32-16-6-4-14-28(32)30-24-35-31(23-34(30)39)29-15-5-7-17-33(29)40(35)27-13-8-10-25(22-27)36-19-20-38(42-36)37-18-9-21-41-37/h1-24H. The molecule has 0 bridgehead atoms. The average molecular weight is 573 g/mol. The van der Waals surface area contributed by atoms with Gasteiger partial charge >= 0.3 is 0 Å². The molecule has 4 heteroatoms. The molecule has 0 aliphatic carbocycles. The van der Waals surface area contributed by atoms with Crippen LogP contribution in [-0.2, 0) is 0 Å². The molecule has 0 aliphatic rings. The van der Waals surface area contributed by atoms with Gasteiger partial charge < -0.3 is 9.13 Å². The lowest BCUT2D eigenvalue weighted by Crippen LogP contribution is -1.94. The molecule has 0 amide bonds. The zero-order chi connectivity index (χ0) is 27.6. The van der Waals surface area contributed by atoms with Crippen molar-refractivity contribution in [3.63, 3.8) is 0 Å². The van der Waals surface area contributed by atoms with Gasteiger partial charge in [-0.1, -0.05) is 72.8 Å². The highest BCUT2D eigenvalue weighted by Gasteiger charge is 2.18. The SMILES string of the molecule is c1ccc(-n2c3ccccc3c3cc4c(cc32)c2ccccc2n4-c2cccc(-c3ccc(-c4cccs4)s3)c2)cc1. The minimum atomic E-state index is 1.18. The minimum absolute atomic E-state index is 1.18. The topological polar surface area (TPSA) is 9.86 Å². The number of thiophene rings is 2. The molecule has 5 aromatic carbocycles. The number of fused-ring (bicyclic) bond motifs is 6. The number of rotatable bonds is 4. The Morgan fingerprint density at radius 2 is 1.00 bits per heavy atom. The van der Waals surface area contributed by atoms with Crippen molar-refractivity contribution in [2.45, 2.75) is 0 Å². The van der Waals surface area contributed by atoms with Crippen LogP contribution in [0.25, 0.3) is 75.2 Å². The van der Waals surface area contributed by atoms with Crippen molar-refractivity contribution in [1.82, 2.24) is 9.13 Å². The highest BCUT2D eigenvalue weighted by molar-refractivity contribution is 7.23. The van der Waals surface area contributed by atoms with Crippen LogP contribution in [0, 0.1) is 0 Å². The largest absolute Gasteiger partial charge is 0.309 e. The monoisotopic (exact) mass is 572 g/mol. The summed E-state index contributed by atoms with van der Waals surface area (Å²) in [6.07, 6.45) is 0. The molecule has 9 rings (SSSR count). The Morgan fingerprint density at radius 1 is 0.381 bits per heavy atom. The molecule has 0 unspecified atom stereocenters. The first-order valence-corrected chi connectivity index (χ1v) is 15.8. The van der Waals surface area contributed by atoms with E-state index in [1.165, 1.54) is 75.2 Å². The highest BCUT2D eigenvalue weighted by Crippen LogP contribution is 2.41. The van der Waals surface area contributed by atoms with Crippen LogP contribution in [0.15, 0.2) is 145 Å². The number of aromatic nitrogens is 2. The van der Waals surface area contributed by atoms with Crippen LogP contribution in [-0.4, -0.2) is 9.13 Å². The van der Waals surface area contributed by atoms with E-state index in [9.17, 15) is 0 Å². The van der Waals surface area contributed by atoms with Crippen molar-refractivity contribution < 1.29 is 0 Å².